The van der Waals surface area contributed by atoms with Crippen molar-refractivity contribution in [3.63, 3.8) is 0 Å². The zero-order valence-corrected chi connectivity index (χ0v) is 13.8. The molecule has 1 aromatic heterocycles. The molecule has 0 unspecified atom stereocenters. The molecule has 0 spiro atoms. The van der Waals surface area contributed by atoms with Crippen LogP contribution in [0, 0.1) is 5.82 Å². The number of hydrogen-bond donors (Lipinski definition) is 1. The summed E-state index contributed by atoms with van der Waals surface area (Å²) in [4.78, 5) is 3.50. The fourth-order valence-corrected chi connectivity index (χ4v) is 3.81. The van der Waals surface area contributed by atoms with Crippen molar-refractivity contribution < 1.29 is 4.39 Å². The van der Waals surface area contributed by atoms with Gasteiger partial charge in [0.05, 0.1) is 0 Å². The van der Waals surface area contributed by atoms with Crippen LogP contribution in [0.25, 0.3) is 21.6 Å². The van der Waals surface area contributed by atoms with E-state index in [4.69, 9.17) is 5.73 Å². The number of nitrogens with two attached hydrogens (primary N) is 1. The fraction of sp³-hybridized carbons (Fsp3) is 0.111. The van der Waals surface area contributed by atoms with E-state index in [0.717, 1.165) is 26.4 Å². The van der Waals surface area contributed by atoms with Crippen molar-refractivity contribution in [1.29, 1.82) is 0 Å². The van der Waals surface area contributed by atoms with Gasteiger partial charge in [-0.05, 0) is 47.7 Å². The summed E-state index contributed by atoms with van der Waals surface area (Å²) >= 11 is 3.40. The van der Waals surface area contributed by atoms with Crippen LogP contribution in [0.2, 0.25) is 0 Å². The van der Waals surface area contributed by atoms with Crippen LogP contribution in [0.1, 0.15) is 4.88 Å². The summed E-state index contributed by atoms with van der Waals surface area (Å²) in [6, 6.07) is 17.3. The first-order chi connectivity index (χ1) is 10.7. The lowest BCUT2D eigenvalue weighted by atomic mass is 10.0. The maximum Gasteiger partial charge on any atom is 0.123 e. The number of rotatable bonds is 4. The highest BCUT2D eigenvalue weighted by atomic mass is 32.2. The van der Waals surface area contributed by atoms with E-state index < -0.39 is 0 Å². The van der Waals surface area contributed by atoms with Crippen LogP contribution in [0.4, 0.5) is 4.39 Å². The molecule has 2 N–H and O–H groups in total. The van der Waals surface area contributed by atoms with Gasteiger partial charge in [0, 0.05) is 26.8 Å². The molecule has 0 fully saturated rings. The molecule has 2 aromatic carbocycles. The molecule has 0 saturated heterocycles. The van der Waals surface area contributed by atoms with Gasteiger partial charge in [0.2, 0.25) is 0 Å². The predicted octanol–water partition coefficient (Wildman–Crippen LogP) is 5.40. The molecular formula is C18H16FNS2. The summed E-state index contributed by atoms with van der Waals surface area (Å²) in [5.41, 5.74) is 9.15. The second-order valence-electron chi connectivity index (χ2n) is 4.90. The summed E-state index contributed by atoms with van der Waals surface area (Å²) in [5, 5.41) is 0. The lowest BCUT2D eigenvalue weighted by molar-refractivity contribution is 0.628. The molecule has 1 nitrogen and oxygen atoms in total. The number of halogens is 1. The van der Waals surface area contributed by atoms with Crippen LogP contribution in [0.3, 0.4) is 0 Å². The minimum absolute atomic E-state index is 0.217. The lowest BCUT2D eigenvalue weighted by Crippen LogP contribution is -1.91. The SMILES string of the molecule is CSc1ccc(-c2cc(CN)sc2-c2ccc(F)cc2)cc1. The van der Waals surface area contributed by atoms with Gasteiger partial charge in [-0.2, -0.15) is 0 Å². The first-order valence-corrected chi connectivity index (χ1v) is 8.98. The lowest BCUT2D eigenvalue weighted by Gasteiger charge is -2.05. The Bertz CT molecular complexity index is 761. The molecule has 0 aliphatic carbocycles. The monoisotopic (exact) mass is 329 g/mol. The van der Waals surface area contributed by atoms with Crippen LogP contribution >= 0.6 is 23.1 Å². The maximum atomic E-state index is 13.2. The number of benzene rings is 2. The van der Waals surface area contributed by atoms with Crippen LogP contribution in [-0.4, -0.2) is 6.26 Å². The van der Waals surface area contributed by atoms with Crippen LogP contribution in [-0.2, 0) is 6.54 Å². The summed E-state index contributed by atoms with van der Waals surface area (Å²) in [6.07, 6.45) is 2.07. The van der Waals surface area contributed by atoms with Gasteiger partial charge < -0.3 is 5.73 Å². The van der Waals surface area contributed by atoms with Gasteiger partial charge in [-0.3, -0.25) is 0 Å². The molecule has 0 aliphatic heterocycles. The normalized spacial score (nSPS) is 10.9. The highest BCUT2D eigenvalue weighted by Crippen LogP contribution is 2.39. The van der Waals surface area contributed by atoms with E-state index in [1.165, 1.54) is 17.0 Å². The highest BCUT2D eigenvalue weighted by molar-refractivity contribution is 7.98. The molecule has 0 bridgehead atoms. The van der Waals surface area contributed by atoms with Gasteiger partial charge in [-0.15, -0.1) is 23.1 Å². The molecule has 3 aromatic rings. The highest BCUT2D eigenvalue weighted by Gasteiger charge is 2.12. The average molecular weight is 329 g/mol. The molecular weight excluding hydrogens is 313 g/mol. The molecule has 0 saturated carbocycles. The molecule has 3 rings (SSSR count). The number of hydrogen-bond acceptors (Lipinski definition) is 3. The average Bonchev–Trinajstić information content (AvgIpc) is 3.00. The smallest absolute Gasteiger partial charge is 0.123 e. The molecule has 0 aliphatic rings. The van der Waals surface area contributed by atoms with Crippen molar-refractivity contribution in [3.8, 4) is 21.6 Å². The second kappa shape index (κ2) is 6.65. The maximum absolute atomic E-state index is 13.2. The molecule has 0 atom stereocenters. The van der Waals surface area contributed by atoms with E-state index in [1.807, 2.05) is 12.1 Å². The summed E-state index contributed by atoms with van der Waals surface area (Å²) < 4.78 is 13.2. The third-order valence-electron chi connectivity index (χ3n) is 3.49. The third kappa shape index (κ3) is 3.09. The number of thioether (sulfide) groups is 1. The summed E-state index contributed by atoms with van der Waals surface area (Å²) in [7, 11) is 0. The largest absolute Gasteiger partial charge is 0.326 e. The zero-order chi connectivity index (χ0) is 15.5. The van der Waals surface area contributed by atoms with Crippen LogP contribution < -0.4 is 5.73 Å². The minimum atomic E-state index is -0.217. The van der Waals surface area contributed by atoms with Crippen molar-refractivity contribution in [2.45, 2.75) is 11.4 Å². The standard InChI is InChI=1S/C18H16FNS2/c1-21-15-8-4-12(5-9-15)17-10-16(11-20)22-18(17)13-2-6-14(19)7-3-13/h2-10H,11,20H2,1H3. The van der Waals surface area contributed by atoms with Gasteiger partial charge in [0.15, 0.2) is 0 Å². The summed E-state index contributed by atoms with van der Waals surface area (Å²) in [6.45, 7) is 0.516. The predicted molar refractivity (Wildman–Crippen MR) is 94.8 cm³/mol. The second-order valence-corrected chi connectivity index (χ2v) is 6.91. The molecule has 1 heterocycles. The van der Waals surface area contributed by atoms with Crippen molar-refractivity contribution in [3.05, 3.63) is 65.3 Å². The van der Waals surface area contributed by atoms with Gasteiger partial charge in [-0.25, -0.2) is 4.39 Å². The van der Waals surface area contributed by atoms with Gasteiger partial charge in [-0.1, -0.05) is 24.3 Å². The topological polar surface area (TPSA) is 26.0 Å². The molecule has 0 amide bonds. The van der Waals surface area contributed by atoms with Gasteiger partial charge in [0.25, 0.3) is 0 Å². The van der Waals surface area contributed by atoms with E-state index in [2.05, 4.69) is 36.6 Å². The van der Waals surface area contributed by atoms with Gasteiger partial charge >= 0.3 is 0 Å². The van der Waals surface area contributed by atoms with Gasteiger partial charge in [0.1, 0.15) is 5.82 Å². The van der Waals surface area contributed by atoms with Crippen molar-refractivity contribution in [2.75, 3.05) is 6.26 Å². The summed E-state index contributed by atoms with van der Waals surface area (Å²) in [5.74, 6) is -0.217. The Hall–Kier alpha value is -1.62. The van der Waals surface area contributed by atoms with Crippen molar-refractivity contribution in [2.24, 2.45) is 5.73 Å². The Morgan fingerprint density at radius 1 is 1.00 bits per heavy atom. The van der Waals surface area contributed by atoms with Crippen LogP contribution in [0.15, 0.2) is 59.5 Å². The van der Waals surface area contributed by atoms with Crippen molar-refractivity contribution >= 4 is 23.1 Å². The Morgan fingerprint density at radius 2 is 1.64 bits per heavy atom. The van der Waals surface area contributed by atoms with E-state index in [1.54, 1.807) is 23.1 Å². The third-order valence-corrected chi connectivity index (χ3v) is 5.44. The fourth-order valence-electron chi connectivity index (χ4n) is 2.34. The molecule has 4 heteroatoms. The Balaban J connectivity index is 2.09. The van der Waals surface area contributed by atoms with E-state index in [-0.39, 0.29) is 5.82 Å². The first kappa shape index (κ1) is 15.3. The number of thiophene rings is 1. The molecule has 112 valence electrons. The Morgan fingerprint density at radius 3 is 2.23 bits per heavy atom. The first-order valence-electron chi connectivity index (χ1n) is 6.94. The van der Waals surface area contributed by atoms with Crippen LogP contribution in [0.5, 0.6) is 0 Å². The Labute approximate surface area is 138 Å². The molecule has 22 heavy (non-hydrogen) atoms. The van der Waals surface area contributed by atoms with E-state index in [0.29, 0.717) is 6.54 Å². The van der Waals surface area contributed by atoms with E-state index >= 15 is 0 Å². The minimum Gasteiger partial charge on any atom is -0.326 e. The zero-order valence-electron chi connectivity index (χ0n) is 12.2. The molecule has 0 radical (unpaired) electrons. The quantitative estimate of drug-likeness (QED) is 0.648. The Kier molecular flexibility index (Phi) is 4.62. The van der Waals surface area contributed by atoms with Crippen molar-refractivity contribution in [1.82, 2.24) is 0 Å². The van der Waals surface area contributed by atoms with E-state index in [9.17, 15) is 4.39 Å².